The van der Waals surface area contributed by atoms with Crippen molar-refractivity contribution < 1.29 is 23.3 Å². The van der Waals surface area contributed by atoms with Crippen LogP contribution in [0.4, 0.5) is 0 Å². The van der Waals surface area contributed by atoms with E-state index < -0.39 is 7.82 Å². The third-order valence-corrected chi connectivity index (χ3v) is 2.33. The topological polar surface area (TPSA) is 84.9 Å². The Labute approximate surface area is 83.2 Å². The van der Waals surface area contributed by atoms with Gasteiger partial charge >= 0.3 is 7.82 Å². The van der Waals surface area contributed by atoms with Crippen LogP contribution in [0.5, 0.6) is 0 Å². The number of Topliss-reactive ketones (excluding diaryl/α,β-unsaturated/α-hetero) is 1. The van der Waals surface area contributed by atoms with Gasteiger partial charge in [0.25, 0.3) is 0 Å². The van der Waals surface area contributed by atoms with E-state index in [2.05, 4.69) is 14.4 Å². The fourth-order valence-corrected chi connectivity index (χ4v) is 1.32. The molecule has 0 fully saturated rings. The third-order valence-electron chi connectivity index (χ3n) is 1.32. The van der Waals surface area contributed by atoms with E-state index in [1.807, 2.05) is 0 Å². The molecule has 0 aliphatic heterocycles. The van der Waals surface area contributed by atoms with Gasteiger partial charge in [-0.05, 0) is 14.0 Å². The second-order valence-electron chi connectivity index (χ2n) is 2.69. The maximum atomic E-state index is 11.0. The number of phosphoric ester groups is 1. The van der Waals surface area contributed by atoms with Crippen molar-refractivity contribution in [2.75, 3.05) is 26.8 Å². The summed E-state index contributed by atoms with van der Waals surface area (Å²) in [5.74, 6) is -0.0970. The number of ketones is 1. The van der Waals surface area contributed by atoms with Crippen molar-refractivity contribution in [3.05, 3.63) is 0 Å². The zero-order chi connectivity index (χ0) is 11.0. The van der Waals surface area contributed by atoms with Crippen LogP contribution in [0.3, 0.4) is 0 Å². The molecule has 1 unspecified atom stereocenters. The summed E-state index contributed by atoms with van der Waals surface area (Å²) in [6.45, 7) is 1.83. The highest BCUT2D eigenvalue weighted by Gasteiger charge is 2.20. The van der Waals surface area contributed by atoms with Gasteiger partial charge in [0.1, 0.15) is 5.78 Å². The Balaban J connectivity index is 3.61. The molecule has 0 radical (unpaired) electrons. The van der Waals surface area contributed by atoms with Crippen molar-refractivity contribution in [2.45, 2.75) is 13.3 Å². The number of phosphoric acid groups is 1. The molecule has 0 rings (SSSR count). The van der Waals surface area contributed by atoms with Crippen LogP contribution in [-0.2, 0) is 18.4 Å². The van der Waals surface area contributed by atoms with E-state index in [0.717, 1.165) is 0 Å². The molecule has 0 bridgehead atoms. The minimum atomic E-state index is -3.97. The average Bonchev–Trinajstić information content (AvgIpc) is 2.03. The maximum Gasteiger partial charge on any atom is 0.472 e. The molecule has 6 nitrogen and oxygen atoms in total. The summed E-state index contributed by atoms with van der Waals surface area (Å²) < 4.78 is 20.1. The molecule has 14 heavy (non-hydrogen) atoms. The monoisotopic (exact) mass is 225 g/mol. The van der Waals surface area contributed by atoms with Crippen LogP contribution in [0.15, 0.2) is 0 Å². The lowest BCUT2D eigenvalue weighted by atomic mass is 10.3. The molecule has 1 atom stereocenters. The highest BCUT2D eigenvalue weighted by atomic mass is 31.2. The van der Waals surface area contributed by atoms with Crippen molar-refractivity contribution in [3.63, 3.8) is 0 Å². The molecule has 0 amide bonds. The lowest BCUT2D eigenvalue weighted by Crippen LogP contribution is -2.14. The fraction of sp³-hybridized carbons (Fsp3) is 0.857. The Bertz CT molecular complexity index is 220. The largest absolute Gasteiger partial charge is 0.472 e. The molecule has 2 N–H and O–H groups in total. The Morgan fingerprint density at radius 2 is 2.00 bits per heavy atom. The van der Waals surface area contributed by atoms with E-state index in [0.29, 0.717) is 6.54 Å². The van der Waals surface area contributed by atoms with Crippen molar-refractivity contribution in [1.82, 2.24) is 5.32 Å². The van der Waals surface area contributed by atoms with Gasteiger partial charge in [0.15, 0.2) is 0 Å². The van der Waals surface area contributed by atoms with Crippen LogP contribution in [0, 0.1) is 0 Å². The highest BCUT2D eigenvalue weighted by molar-refractivity contribution is 7.47. The summed E-state index contributed by atoms with van der Waals surface area (Å²) in [5.41, 5.74) is 0. The molecule has 0 aromatic heterocycles. The summed E-state index contributed by atoms with van der Waals surface area (Å²) in [6.07, 6.45) is 0.111. The first-order valence-electron chi connectivity index (χ1n) is 4.24. The fourth-order valence-electron chi connectivity index (χ4n) is 0.605. The van der Waals surface area contributed by atoms with E-state index in [9.17, 15) is 9.36 Å². The molecule has 0 aliphatic carbocycles. The summed E-state index contributed by atoms with van der Waals surface area (Å²) in [7, 11) is -2.27. The SMILES string of the molecule is CNCCOP(=O)(O)OCCC(C)=O. The molecule has 84 valence electrons. The van der Waals surface area contributed by atoms with Gasteiger partial charge in [-0.25, -0.2) is 4.57 Å². The number of rotatable bonds is 8. The number of likely N-dealkylation sites (N-methyl/N-ethyl adjacent to an activating group) is 1. The number of carbonyl (C=O) groups excluding carboxylic acids is 1. The Morgan fingerprint density at radius 1 is 1.43 bits per heavy atom. The van der Waals surface area contributed by atoms with E-state index >= 15 is 0 Å². The average molecular weight is 225 g/mol. The first-order valence-corrected chi connectivity index (χ1v) is 5.73. The number of nitrogens with one attached hydrogen (secondary N) is 1. The van der Waals surface area contributed by atoms with Crippen LogP contribution >= 0.6 is 7.82 Å². The highest BCUT2D eigenvalue weighted by Crippen LogP contribution is 2.42. The molecule has 0 spiro atoms. The molecule has 0 aromatic rings. The van der Waals surface area contributed by atoms with Crippen LogP contribution in [0.25, 0.3) is 0 Å². The second kappa shape index (κ2) is 7.09. The number of hydrogen-bond donors (Lipinski definition) is 2. The van der Waals surface area contributed by atoms with Crippen LogP contribution < -0.4 is 5.32 Å². The van der Waals surface area contributed by atoms with Gasteiger partial charge in [0.05, 0.1) is 13.2 Å². The Kier molecular flexibility index (Phi) is 6.96. The quantitative estimate of drug-likeness (QED) is 0.457. The molecule has 0 heterocycles. The zero-order valence-electron chi connectivity index (χ0n) is 8.36. The molecular formula is C7H16NO5P. The lowest BCUT2D eigenvalue weighted by molar-refractivity contribution is -0.117. The maximum absolute atomic E-state index is 11.0. The molecule has 7 heteroatoms. The Hall–Kier alpha value is -0.260. The van der Waals surface area contributed by atoms with Gasteiger partial charge in [-0.15, -0.1) is 0 Å². The van der Waals surface area contributed by atoms with Crippen LogP contribution in [0.1, 0.15) is 13.3 Å². The summed E-state index contributed by atoms with van der Waals surface area (Å²) in [5, 5.41) is 2.75. The zero-order valence-corrected chi connectivity index (χ0v) is 9.25. The van der Waals surface area contributed by atoms with Crippen molar-refractivity contribution in [3.8, 4) is 0 Å². The standard InChI is InChI=1S/C7H16NO5P/c1-7(9)3-5-12-14(10,11)13-6-4-8-2/h8H,3-6H2,1-2H3,(H,10,11). The third kappa shape index (κ3) is 8.34. The number of carbonyl (C=O) groups is 1. The minimum Gasteiger partial charge on any atom is -0.317 e. The van der Waals surface area contributed by atoms with Crippen molar-refractivity contribution in [1.29, 1.82) is 0 Å². The number of hydrogen-bond acceptors (Lipinski definition) is 5. The van der Waals surface area contributed by atoms with Gasteiger partial charge in [-0.2, -0.15) is 0 Å². The van der Waals surface area contributed by atoms with Gasteiger partial charge in [0, 0.05) is 13.0 Å². The van der Waals surface area contributed by atoms with Gasteiger partial charge < -0.3 is 10.2 Å². The van der Waals surface area contributed by atoms with Crippen LogP contribution in [0.2, 0.25) is 0 Å². The van der Waals surface area contributed by atoms with Gasteiger partial charge in [-0.1, -0.05) is 0 Å². The second-order valence-corrected chi connectivity index (χ2v) is 4.14. The molecular weight excluding hydrogens is 209 g/mol. The normalized spacial score (nSPS) is 15.1. The molecule has 0 aromatic carbocycles. The summed E-state index contributed by atoms with van der Waals surface area (Å²) in [4.78, 5) is 19.5. The van der Waals surface area contributed by atoms with Gasteiger partial charge in [-0.3, -0.25) is 13.8 Å². The lowest BCUT2D eigenvalue weighted by Gasteiger charge is -2.10. The molecule has 0 saturated heterocycles. The van der Waals surface area contributed by atoms with Crippen LogP contribution in [-0.4, -0.2) is 37.5 Å². The Morgan fingerprint density at radius 3 is 2.50 bits per heavy atom. The van der Waals surface area contributed by atoms with Gasteiger partial charge in [0.2, 0.25) is 0 Å². The summed E-state index contributed by atoms with van der Waals surface area (Å²) in [6, 6.07) is 0. The van der Waals surface area contributed by atoms with Crippen molar-refractivity contribution in [2.24, 2.45) is 0 Å². The summed E-state index contributed by atoms with van der Waals surface area (Å²) >= 11 is 0. The first kappa shape index (κ1) is 13.7. The minimum absolute atomic E-state index is 0.0876. The molecule has 0 aliphatic rings. The predicted octanol–water partition coefficient (Wildman–Crippen LogP) is 0.318. The smallest absolute Gasteiger partial charge is 0.317 e. The van der Waals surface area contributed by atoms with E-state index in [1.54, 1.807) is 7.05 Å². The first-order chi connectivity index (χ1) is 6.48. The van der Waals surface area contributed by atoms with Crippen molar-refractivity contribution >= 4 is 13.6 Å². The van der Waals surface area contributed by atoms with E-state index in [-0.39, 0.29) is 25.4 Å². The van der Waals surface area contributed by atoms with E-state index in [4.69, 9.17) is 4.89 Å². The van der Waals surface area contributed by atoms with E-state index in [1.165, 1.54) is 6.92 Å². The predicted molar refractivity (Wildman–Crippen MR) is 51.0 cm³/mol. The molecule has 0 saturated carbocycles.